The van der Waals surface area contributed by atoms with Crippen LogP contribution in [0.2, 0.25) is 0 Å². The third kappa shape index (κ3) is 4.69. The van der Waals surface area contributed by atoms with E-state index in [0.29, 0.717) is 18.8 Å². The Kier molecular flexibility index (Phi) is 5.97. The number of hydrogen-bond donors (Lipinski definition) is 2. The highest BCUT2D eigenvalue weighted by Crippen LogP contribution is 2.28. The maximum atomic E-state index is 12.8. The summed E-state index contributed by atoms with van der Waals surface area (Å²) in [5, 5.41) is 10.4. The number of carbonyl (C=O) groups excluding carboxylic acids is 2. The van der Waals surface area contributed by atoms with Crippen LogP contribution in [0.4, 0.5) is 0 Å². The van der Waals surface area contributed by atoms with Gasteiger partial charge in [0.15, 0.2) is 0 Å². The molecule has 2 aromatic rings. The van der Waals surface area contributed by atoms with Gasteiger partial charge in [0.05, 0.1) is 5.69 Å². The Hall–Kier alpha value is -2.63. The third-order valence-electron chi connectivity index (χ3n) is 6.39. The highest BCUT2D eigenvalue weighted by atomic mass is 16.2. The first kappa shape index (κ1) is 19.7. The van der Waals surface area contributed by atoms with Crippen LogP contribution >= 0.6 is 0 Å². The van der Waals surface area contributed by atoms with Gasteiger partial charge in [-0.15, -0.1) is 0 Å². The van der Waals surface area contributed by atoms with E-state index in [2.05, 4.69) is 22.4 Å². The Morgan fingerprint density at radius 2 is 1.72 bits per heavy atom. The van der Waals surface area contributed by atoms with Crippen molar-refractivity contribution in [3.8, 4) is 11.3 Å². The van der Waals surface area contributed by atoms with Crippen LogP contribution in [-0.2, 0) is 4.79 Å². The molecule has 29 heavy (non-hydrogen) atoms. The number of nitrogens with zero attached hydrogens (tertiary/aromatic N) is 2. The smallest absolute Gasteiger partial charge is 0.271 e. The van der Waals surface area contributed by atoms with Crippen molar-refractivity contribution in [3.05, 3.63) is 42.1 Å². The van der Waals surface area contributed by atoms with Gasteiger partial charge < -0.3 is 10.2 Å². The van der Waals surface area contributed by atoms with E-state index in [1.165, 1.54) is 0 Å². The van der Waals surface area contributed by atoms with Crippen molar-refractivity contribution in [3.63, 3.8) is 0 Å². The SMILES string of the molecule is CC1CCC(C(=O)NC2CCN(C(=O)c3cc(-c4ccccc4)n[nH]3)CC2)CC1. The number of amides is 2. The van der Waals surface area contributed by atoms with E-state index in [9.17, 15) is 9.59 Å². The number of H-pyrrole nitrogens is 1. The molecule has 154 valence electrons. The average Bonchev–Trinajstić information content (AvgIpc) is 3.25. The van der Waals surface area contributed by atoms with Crippen molar-refractivity contribution in [1.29, 1.82) is 0 Å². The van der Waals surface area contributed by atoms with Crippen LogP contribution in [0.3, 0.4) is 0 Å². The number of benzene rings is 1. The Morgan fingerprint density at radius 1 is 1.03 bits per heavy atom. The minimum Gasteiger partial charge on any atom is -0.353 e. The largest absolute Gasteiger partial charge is 0.353 e. The molecule has 1 aliphatic heterocycles. The molecule has 2 fully saturated rings. The van der Waals surface area contributed by atoms with Gasteiger partial charge in [0.2, 0.25) is 5.91 Å². The van der Waals surface area contributed by atoms with Crippen LogP contribution in [0.5, 0.6) is 0 Å². The highest BCUT2D eigenvalue weighted by molar-refractivity contribution is 5.93. The average molecular weight is 395 g/mol. The number of piperidine rings is 1. The fourth-order valence-corrected chi connectivity index (χ4v) is 4.43. The summed E-state index contributed by atoms with van der Waals surface area (Å²) in [5.74, 6) is 1.11. The highest BCUT2D eigenvalue weighted by Gasteiger charge is 2.29. The molecular formula is C23H30N4O2. The van der Waals surface area contributed by atoms with E-state index in [1.807, 2.05) is 41.3 Å². The minimum absolute atomic E-state index is 0.0225. The van der Waals surface area contributed by atoms with Crippen LogP contribution in [0.1, 0.15) is 55.9 Å². The van der Waals surface area contributed by atoms with Crippen LogP contribution in [0, 0.1) is 11.8 Å². The van der Waals surface area contributed by atoms with Gasteiger partial charge in [-0.3, -0.25) is 14.7 Å². The van der Waals surface area contributed by atoms with Gasteiger partial charge in [0.25, 0.3) is 5.91 Å². The summed E-state index contributed by atoms with van der Waals surface area (Å²) in [6.07, 6.45) is 5.93. The lowest BCUT2D eigenvalue weighted by molar-refractivity contribution is -0.127. The number of nitrogens with one attached hydrogen (secondary N) is 2. The van der Waals surface area contributed by atoms with Gasteiger partial charge in [-0.2, -0.15) is 5.10 Å². The van der Waals surface area contributed by atoms with Crippen molar-refractivity contribution >= 4 is 11.8 Å². The molecule has 2 aliphatic rings. The normalized spacial score (nSPS) is 23.0. The molecule has 0 radical (unpaired) electrons. The number of rotatable bonds is 4. The number of likely N-dealkylation sites (tertiary alicyclic amines) is 1. The van der Waals surface area contributed by atoms with E-state index in [-0.39, 0.29) is 23.8 Å². The van der Waals surface area contributed by atoms with E-state index in [1.54, 1.807) is 0 Å². The molecule has 6 nitrogen and oxygen atoms in total. The molecule has 1 aromatic carbocycles. The molecule has 2 heterocycles. The first-order chi connectivity index (χ1) is 14.1. The monoisotopic (exact) mass is 394 g/mol. The van der Waals surface area contributed by atoms with E-state index in [4.69, 9.17) is 0 Å². The predicted octanol–water partition coefficient (Wildman–Crippen LogP) is 3.62. The number of aromatic nitrogens is 2. The molecule has 4 rings (SSSR count). The van der Waals surface area contributed by atoms with Crippen LogP contribution < -0.4 is 5.32 Å². The lowest BCUT2D eigenvalue weighted by Crippen LogP contribution is -2.48. The minimum atomic E-state index is -0.0225. The number of carbonyl (C=O) groups is 2. The van der Waals surface area contributed by atoms with Gasteiger partial charge >= 0.3 is 0 Å². The van der Waals surface area contributed by atoms with Gasteiger partial charge in [-0.1, -0.05) is 37.3 Å². The summed E-state index contributed by atoms with van der Waals surface area (Å²) < 4.78 is 0. The van der Waals surface area contributed by atoms with Crippen molar-refractivity contribution < 1.29 is 9.59 Å². The molecule has 0 spiro atoms. The fraction of sp³-hybridized carbons (Fsp3) is 0.522. The van der Waals surface area contributed by atoms with Gasteiger partial charge in [-0.05, 0) is 50.5 Å². The van der Waals surface area contributed by atoms with E-state index >= 15 is 0 Å². The molecule has 0 unspecified atom stereocenters. The van der Waals surface area contributed by atoms with Gasteiger partial charge in [0.1, 0.15) is 5.69 Å². The molecule has 1 aliphatic carbocycles. The van der Waals surface area contributed by atoms with E-state index in [0.717, 1.165) is 55.7 Å². The van der Waals surface area contributed by atoms with Gasteiger partial charge in [0, 0.05) is 30.6 Å². The van der Waals surface area contributed by atoms with Gasteiger partial charge in [-0.25, -0.2) is 0 Å². The molecule has 2 amide bonds. The lowest BCUT2D eigenvalue weighted by atomic mass is 9.82. The molecule has 1 saturated carbocycles. The van der Waals surface area contributed by atoms with Crippen molar-refractivity contribution in [2.45, 2.75) is 51.5 Å². The molecule has 0 atom stereocenters. The molecule has 0 bridgehead atoms. The van der Waals surface area contributed by atoms with Crippen LogP contribution in [-0.4, -0.2) is 46.0 Å². The Morgan fingerprint density at radius 3 is 2.41 bits per heavy atom. The second kappa shape index (κ2) is 8.80. The molecule has 1 aromatic heterocycles. The zero-order valence-corrected chi connectivity index (χ0v) is 17.1. The fourth-order valence-electron chi connectivity index (χ4n) is 4.43. The summed E-state index contributed by atoms with van der Waals surface area (Å²) in [4.78, 5) is 27.2. The number of hydrogen-bond acceptors (Lipinski definition) is 3. The molecule has 2 N–H and O–H groups in total. The van der Waals surface area contributed by atoms with Crippen molar-refractivity contribution in [1.82, 2.24) is 20.4 Å². The Balaban J connectivity index is 1.28. The summed E-state index contributed by atoms with van der Waals surface area (Å²) >= 11 is 0. The maximum absolute atomic E-state index is 12.8. The Labute approximate surface area is 172 Å². The first-order valence-electron chi connectivity index (χ1n) is 10.8. The Bertz CT molecular complexity index is 832. The molecule has 6 heteroatoms. The number of aromatic amines is 1. The summed E-state index contributed by atoms with van der Waals surface area (Å²) in [5.41, 5.74) is 2.28. The molecule has 1 saturated heterocycles. The first-order valence-corrected chi connectivity index (χ1v) is 10.8. The summed E-state index contributed by atoms with van der Waals surface area (Å²) in [6, 6.07) is 11.8. The third-order valence-corrected chi connectivity index (χ3v) is 6.39. The van der Waals surface area contributed by atoms with E-state index < -0.39 is 0 Å². The summed E-state index contributed by atoms with van der Waals surface area (Å²) in [7, 11) is 0. The second-order valence-corrected chi connectivity index (χ2v) is 8.56. The second-order valence-electron chi connectivity index (χ2n) is 8.56. The standard InChI is InChI=1S/C23H30N4O2/c1-16-7-9-18(10-8-16)22(28)24-19-11-13-27(14-12-19)23(29)21-15-20(25-26-21)17-5-3-2-4-6-17/h2-6,15-16,18-19H,7-14H2,1H3,(H,24,28)(H,25,26). The quantitative estimate of drug-likeness (QED) is 0.831. The van der Waals surface area contributed by atoms with Crippen LogP contribution in [0.25, 0.3) is 11.3 Å². The topological polar surface area (TPSA) is 78.1 Å². The zero-order valence-electron chi connectivity index (χ0n) is 17.1. The van der Waals surface area contributed by atoms with Crippen molar-refractivity contribution in [2.75, 3.05) is 13.1 Å². The molecular weight excluding hydrogens is 364 g/mol. The lowest BCUT2D eigenvalue weighted by Gasteiger charge is -2.33. The zero-order chi connectivity index (χ0) is 20.2. The predicted molar refractivity (Wildman–Crippen MR) is 112 cm³/mol. The van der Waals surface area contributed by atoms with Crippen molar-refractivity contribution in [2.24, 2.45) is 11.8 Å². The maximum Gasteiger partial charge on any atom is 0.271 e. The van der Waals surface area contributed by atoms with Crippen LogP contribution in [0.15, 0.2) is 36.4 Å². The summed E-state index contributed by atoms with van der Waals surface area (Å²) in [6.45, 7) is 3.58.